The van der Waals surface area contributed by atoms with Crippen LogP contribution in [0.1, 0.15) is 32.4 Å². The number of carbonyl (C=O) groups excluding carboxylic acids is 1. The second-order valence-corrected chi connectivity index (χ2v) is 5.08. The van der Waals surface area contributed by atoms with Gasteiger partial charge in [0.2, 0.25) is 0 Å². The van der Waals surface area contributed by atoms with Crippen LogP contribution in [0.5, 0.6) is 5.75 Å². The van der Waals surface area contributed by atoms with Crippen molar-refractivity contribution in [2.45, 2.75) is 32.5 Å². The van der Waals surface area contributed by atoms with Crippen LogP contribution in [0.4, 0.5) is 10.5 Å². The molecule has 5 heteroatoms. The zero-order valence-electron chi connectivity index (χ0n) is 11.3. The van der Waals surface area contributed by atoms with Gasteiger partial charge in [0.1, 0.15) is 17.5 Å². The summed E-state index contributed by atoms with van der Waals surface area (Å²) in [5.41, 5.74) is 0.0938. The van der Waals surface area contributed by atoms with E-state index in [-0.39, 0.29) is 11.3 Å². The third-order valence-corrected chi connectivity index (χ3v) is 2.21. The van der Waals surface area contributed by atoms with E-state index in [0.717, 1.165) is 0 Å². The Morgan fingerprint density at radius 1 is 1.47 bits per heavy atom. The first-order chi connectivity index (χ1) is 8.73. The number of rotatable bonds is 3. The van der Waals surface area contributed by atoms with E-state index in [4.69, 9.17) is 4.74 Å². The third-order valence-electron chi connectivity index (χ3n) is 2.21. The quantitative estimate of drug-likeness (QED) is 0.580. The van der Waals surface area contributed by atoms with Crippen LogP contribution in [-0.2, 0) is 4.74 Å². The first-order valence-corrected chi connectivity index (χ1v) is 5.86. The number of aliphatic hydroxyl groups is 1. The molecule has 0 heterocycles. The number of hydrogen-bond donors (Lipinski definition) is 3. The summed E-state index contributed by atoms with van der Waals surface area (Å²) in [7, 11) is 0. The summed E-state index contributed by atoms with van der Waals surface area (Å²) in [6.45, 7) is 8.72. The lowest BCUT2D eigenvalue weighted by Gasteiger charge is -2.20. The molecule has 0 fully saturated rings. The number of amides is 1. The zero-order valence-corrected chi connectivity index (χ0v) is 11.3. The zero-order chi connectivity index (χ0) is 14.6. The normalized spacial score (nSPS) is 12.6. The lowest BCUT2D eigenvalue weighted by Crippen LogP contribution is -2.27. The molecule has 0 aliphatic carbocycles. The number of nitrogens with one attached hydrogen (secondary N) is 1. The van der Waals surface area contributed by atoms with E-state index >= 15 is 0 Å². The molecule has 1 amide bonds. The lowest BCUT2D eigenvalue weighted by atomic mass is 10.1. The van der Waals surface area contributed by atoms with E-state index in [1.165, 1.54) is 24.3 Å². The Morgan fingerprint density at radius 2 is 2.11 bits per heavy atom. The summed E-state index contributed by atoms with van der Waals surface area (Å²) < 4.78 is 5.10. The lowest BCUT2D eigenvalue weighted by molar-refractivity contribution is 0.0636. The summed E-state index contributed by atoms with van der Waals surface area (Å²) in [4.78, 5) is 11.6. The SMILES string of the molecule is C=CC(O)c1cc(NC(=O)OC(C)(C)C)ccc1O. The van der Waals surface area contributed by atoms with Crippen LogP contribution >= 0.6 is 0 Å². The molecule has 0 bridgehead atoms. The number of carbonyl (C=O) groups is 1. The van der Waals surface area contributed by atoms with E-state index in [1.54, 1.807) is 20.8 Å². The Balaban J connectivity index is 2.86. The molecule has 0 aliphatic rings. The Labute approximate surface area is 112 Å². The second-order valence-electron chi connectivity index (χ2n) is 5.08. The Kier molecular flexibility index (Phi) is 4.56. The maximum atomic E-state index is 11.6. The molecule has 0 spiro atoms. The van der Waals surface area contributed by atoms with Gasteiger partial charge in [-0.1, -0.05) is 6.08 Å². The average molecular weight is 265 g/mol. The van der Waals surface area contributed by atoms with Gasteiger partial charge in [-0.2, -0.15) is 0 Å². The summed E-state index contributed by atoms with van der Waals surface area (Å²) in [5.74, 6) is -0.0675. The van der Waals surface area contributed by atoms with Gasteiger partial charge in [-0.15, -0.1) is 6.58 Å². The van der Waals surface area contributed by atoms with Gasteiger partial charge >= 0.3 is 6.09 Å². The summed E-state index contributed by atoms with van der Waals surface area (Å²) in [6, 6.07) is 4.36. The summed E-state index contributed by atoms with van der Waals surface area (Å²) >= 11 is 0. The van der Waals surface area contributed by atoms with E-state index in [0.29, 0.717) is 5.69 Å². The number of phenols is 1. The molecule has 0 aromatic heterocycles. The molecule has 1 unspecified atom stereocenters. The minimum absolute atomic E-state index is 0.0675. The molecule has 0 aliphatic heterocycles. The van der Waals surface area contributed by atoms with Crippen molar-refractivity contribution in [3.63, 3.8) is 0 Å². The number of hydrogen-bond acceptors (Lipinski definition) is 4. The molecule has 1 rings (SSSR count). The van der Waals surface area contributed by atoms with Crippen molar-refractivity contribution in [1.29, 1.82) is 0 Å². The van der Waals surface area contributed by atoms with Crippen molar-refractivity contribution in [1.82, 2.24) is 0 Å². The first kappa shape index (κ1) is 15.0. The largest absolute Gasteiger partial charge is 0.508 e. The minimum Gasteiger partial charge on any atom is -0.508 e. The highest BCUT2D eigenvalue weighted by molar-refractivity contribution is 5.85. The molecule has 5 nitrogen and oxygen atoms in total. The molecule has 19 heavy (non-hydrogen) atoms. The highest BCUT2D eigenvalue weighted by atomic mass is 16.6. The van der Waals surface area contributed by atoms with Crippen molar-refractivity contribution in [3.05, 3.63) is 36.4 Å². The highest BCUT2D eigenvalue weighted by Crippen LogP contribution is 2.28. The summed E-state index contributed by atoms with van der Waals surface area (Å²) in [6.07, 6.45) is -0.315. The monoisotopic (exact) mass is 265 g/mol. The van der Waals surface area contributed by atoms with Crippen LogP contribution < -0.4 is 5.32 Å². The maximum absolute atomic E-state index is 11.6. The fraction of sp³-hybridized carbons (Fsp3) is 0.357. The molecule has 0 saturated carbocycles. The van der Waals surface area contributed by atoms with E-state index < -0.39 is 17.8 Å². The average Bonchev–Trinajstić information content (AvgIpc) is 2.28. The van der Waals surface area contributed by atoms with Crippen LogP contribution in [-0.4, -0.2) is 21.9 Å². The number of aliphatic hydroxyl groups excluding tert-OH is 1. The van der Waals surface area contributed by atoms with E-state index in [9.17, 15) is 15.0 Å². The van der Waals surface area contributed by atoms with Crippen LogP contribution in [0.2, 0.25) is 0 Å². The third kappa shape index (κ3) is 4.63. The Morgan fingerprint density at radius 3 is 2.63 bits per heavy atom. The van der Waals surface area contributed by atoms with Gasteiger partial charge in [-0.3, -0.25) is 5.32 Å². The number of anilines is 1. The maximum Gasteiger partial charge on any atom is 0.412 e. The number of phenolic OH excluding ortho intramolecular Hbond substituents is 1. The summed E-state index contributed by atoms with van der Waals surface area (Å²) in [5, 5.41) is 21.8. The fourth-order valence-corrected chi connectivity index (χ4v) is 1.42. The molecule has 1 atom stereocenters. The van der Waals surface area contributed by atoms with Gasteiger partial charge in [0.05, 0.1) is 0 Å². The Hall–Kier alpha value is -2.01. The topological polar surface area (TPSA) is 78.8 Å². The molecular formula is C14H19NO4. The molecule has 0 saturated heterocycles. The first-order valence-electron chi connectivity index (χ1n) is 5.86. The second kappa shape index (κ2) is 5.75. The van der Waals surface area contributed by atoms with Crippen LogP contribution in [0.3, 0.4) is 0 Å². The molecule has 104 valence electrons. The predicted octanol–water partition coefficient (Wildman–Crippen LogP) is 2.96. The molecule has 0 radical (unpaired) electrons. The van der Waals surface area contributed by atoms with Crippen molar-refractivity contribution >= 4 is 11.8 Å². The van der Waals surface area contributed by atoms with Gasteiger partial charge < -0.3 is 14.9 Å². The van der Waals surface area contributed by atoms with E-state index in [1.807, 2.05) is 0 Å². The fourth-order valence-electron chi connectivity index (χ4n) is 1.42. The molecule has 3 N–H and O–H groups in total. The van der Waals surface area contributed by atoms with Gasteiger partial charge in [-0.25, -0.2) is 4.79 Å². The van der Waals surface area contributed by atoms with Gasteiger partial charge in [0.15, 0.2) is 0 Å². The van der Waals surface area contributed by atoms with Crippen LogP contribution in [0.15, 0.2) is 30.9 Å². The van der Waals surface area contributed by atoms with Crippen molar-refractivity contribution in [2.24, 2.45) is 0 Å². The Bertz CT molecular complexity index is 477. The molecular weight excluding hydrogens is 246 g/mol. The van der Waals surface area contributed by atoms with Crippen LogP contribution in [0, 0.1) is 0 Å². The number of ether oxygens (including phenoxy) is 1. The van der Waals surface area contributed by atoms with Gasteiger partial charge in [0, 0.05) is 11.3 Å². The predicted molar refractivity (Wildman–Crippen MR) is 73.1 cm³/mol. The molecule has 1 aromatic rings. The molecule has 1 aromatic carbocycles. The van der Waals surface area contributed by atoms with Gasteiger partial charge in [0.25, 0.3) is 0 Å². The van der Waals surface area contributed by atoms with E-state index in [2.05, 4.69) is 11.9 Å². The number of benzene rings is 1. The van der Waals surface area contributed by atoms with Gasteiger partial charge in [-0.05, 0) is 39.0 Å². The number of aromatic hydroxyl groups is 1. The highest BCUT2D eigenvalue weighted by Gasteiger charge is 2.17. The van der Waals surface area contributed by atoms with Crippen LogP contribution in [0.25, 0.3) is 0 Å². The van der Waals surface area contributed by atoms with Crippen molar-refractivity contribution in [3.8, 4) is 5.75 Å². The van der Waals surface area contributed by atoms with Crippen molar-refractivity contribution < 1.29 is 19.7 Å². The van der Waals surface area contributed by atoms with Crippen molar-refractivity contribution in [2.75, 3.05) is 5.32 Å². The standard InChI is InChI=1S/C14H19NO4/c1-5-11(16)10-8-9(6-7-12(10)17)15-13(18)19-14(2,3)4/h5-8,11,16-17H,1H2,2-4H3,(H,15,18). The minimum atomic E-state index is -1.000. The smallest absolute Gasteiger partial charge is 0.412 e.